The van der Waals surface area contributed by atoms with E-state index in [4.69, 9.17) is 5.10 Å². The fourth-order valence-electron chi connectivity index (χ4n) is 5.73. The number of amides is 1. The molecule has 0 spiro atoms. The zero-order valence-corrected chi connectivity index (χ0v) is 19.7. The number of likely N-dealkylation sites (tertiary alicyclic amines) is 1. The Labute approximate surface area is 207 Å². The molecule has 2 saturated heterocycles. The van der Waals surface area contributed by atoms with E-state index in [1.807, 2.05) is 46.1 Å². The maximum Gasteiger partial charge on any atom is 0.417 e. The summed E-state index contributed by atoms with van der Waals surface area (Å²) in [4.78, 5) is 23.6. The van der Waals surface area contributed by atoms with Crippen molar-refractivity contribution < 1.29 is 18.0 Å². The Morgan fingerprint density at radius 3 is 2.44 bits per heavy atom. The van der Waals surface area contributed by atoms with E-state index >= 15 is 0 Å². The number of pyridine rings is 1. The SMILES string of the molecule is O=C(CN1CC2CCC(C1)N2c1ccc(C(F)(F)F)cn1)N1CCc2nn(-c3ccccc3)cc2C1. The standard InChI is InChI=1S/C26H27F3N6O/c27-26(28,29)19-6-9-24(30-12-19)35-21-7-8-22(35)16-32(15-21)17-25(36)33-11-10-23-18(13-33)14-34(31-23)20-4-2-1-3-5-20/h1-6,9,12,14,21-22H,7-8,10-11,13,15-17H2. The van der Waals surface area contributed by atoms with Gasteiger partial charge in [0.2, 0.25) is 5.91 Å². The number of piperazine rings is 1. The summed E-state index contributed by atoms with van der Waals surface area (Å²) < 4.78 is 40.6. The zero-order chi connectivity index (χ0) is 24.9. The van der Waals surface area contributed by atoms with Gasteiger partial charge >= 0.3 is 6.18 Å². The van der Waals surface area contributed by atoms with E-state index in [0.717, 1.165) is 48.5 Å². The van der Waals surface area contributed by atoms with Crippen LogP contribution in [0.5, 0.6) is 0 Å². The lowest BCUT2D eigenvalue weighted by Gasteiger charge is -2.42. The van der Waals surface area contributed by atoms with Crippen LogP contribution >= 0.6 is 0 Å². The molecule has 2 fully saturated rings. The number of hydrogen-bond donors (Lipinski definition) is 0. The van der Waals surface area contributed by atoms with Gasteiger partial charge in [0.1, 0.15) is 5.82 Å². The average molecular weight is 497 g/mol. The normalized spacial score (nSPS) is 22.1. The molecule has 0 aliphatic carbocycles. The van der Waals surface area contributed by atoms with E-state index in [9.17, 15) is 18.0 Å². The average Bonchev–Trinajstić information content (AvgIpc) is 3.42. The molecule has 2 aromatic heterocycles. The van der Waals surface area contributed by atoms with Crippen LogP contribution in [-0.2, 0) is 23.9 Å². The van der Waals surface area contributed by atoms with Crippen molar-refractivity contribution in [3.05, 3.63) is 71.7 Å². The highest BCUT2D eigenvalue weighted by atomic mass is 19.4. The summed E-state index contributed by atoms with van der Waals surface area (Å²) >= 11 is 0. The maximum absolute atomic E-state index is 13.2. The molecule has 2 bridgehead atoms. The molecule has 0 N–H and O–H groups in total. The molecule has 7 nitrogen and oxygen atoms in total. The highest BCUT2D eigenvalue weighted by molar-refractivity contribution is 5.78. The van der Waals surface area contributed by atoms with Crippen molar-refractivity contribution in [1.82, 2.24) is 24.6 Å². The first-order valence-corrected chi connectivity index (χ1v) is 12.3. The van der Waals surface area contributed by atoms with Crippen LogP contribution < -0.4 is 4.90 Å². The quantitative estimate of drug-likeness (QED) is 0.553. The van der Waals surface area contributed by atoms with Crippen molar-refractivity contribution in [2.24, 2.45) is 0 Å². The molecule has 0 saturated carbocycles. The second-order valence-electron chi connectivity index (χ2n) is 9.84. The van der Waals surface area contributed by atoms with Crippen molar-refractivity contribution in [1.29, 1.82) is 0 Å². The van der Waals surface area contributed by atoms with Gasteiger partial charge in [0.15, 0.2) is 0 Å². The number of nitrogens with zero attached hydrogens (tertiary/aromatic N) is 6. The predicted molar refractivity (Wildman–Crippen MR) is 128 cm³/mol. The van der Waals surface area contributed by atoms with Crippen molar-refractivity contribution in [2.45, 2.75) is 44.1 Å². The molecule has 10 heteroatoms. The van der Waals surface area contributed by atoms with Crippen LogP contribution in [0.1, 0.15) is 29.7 Å². The number of para-hydroxylation sites is 1. The predicted octanol–water partition coefficient (Wildman–Crippen LogP) is 3.52. The summed E-state index contributed by atoms with van der Waals surface area (Å²) in [5.41, 5.74) is 2.39. The van der Waals surface area contributed by atoms with Crippen molar-refractivity contribution >= 4 is 11.7 Å². The summed E-state index contributed by atoms with van der Waals surface area (Å²) in [7, 11) is 0. The minimum atomic E-state index is -4.39. The van der Waals surface area contributed by atoms with Crippen molar-refractivity contribution in [3.8, 4) is 5.69 Å². The summed E-state index contributed by atoms with van der Waals surface area (Å²) in [5.74, 6) is 0.689. The van der Waals surface area contributed by atoms with E-state index in [2.05, 4.69) is 14.8 Å². The number of carbonyl (C=O) groups excluding carboxylic acids is 1. The van der Waals surface area contributed by atoms with E-state index in [1.54, 1.807) is 0 Å². The fraction of sp³-hybridized carbons (Fsp3) is 0.423. The number of hydrogen-bond acceptors (Lipinski definition) is 5. The lowest BCUT2D eigenvalue weighted by molar-refractivity contribution is -0.137. The number of anilines is 1. The molecule has 0 radical (unpaired) electrons. The van der Waals surface area contributed by atoms with Crippen LogP contribution in [0, 0.1) is 0 Å². The van der Waals surface area contributed by atoms with Crippen LogP contribution in [0.25, 0.3) is 5.69 Å². The maximum atomic E-state index is 13.2. The number of benzene rings is 1. The Morgan fingerprint density at radius 2 is 1.78 bits per heavy atom. The summed E-state index contributed by atoms with van der Waals surface area (Å²) in [6.45, 7) is 2.97. The number of carbonyl (C=O) groups is 1. The van der Waals surface area contributed by atoms with Crippen LogP contribution in [0.3, 0.4) is 0 Å². The molecule has 36 heavy (non-hydrogen) atoms. The van der Waals surface area contributed by atoms with Gasteiger partial charge in [-0.25, -0.2) is 9.67 Å². The molecule has 188 valence electrons. The lowest BCUT2D eigenvalue weighted by atomic mass is 10.1. The van der Waals surface area contributed by atoms with Gasteiger partial charge in [-0.05, 0) is 37.1 Å². The zero-order valence-electron chi connectivity index (χ0n) is 19.7. The minimum absolute atomic E-state index is 0.105. The monoisotopic (exact) mass is 496 g/mol. The van der Waals surface area contributed by atoms with Gasteiger partial charge in [-0.15, -0.1) is 0 Å². The molecular weight excluding hydrogens is 469 g/mol. The number of halogens is 3. The third-order valence-electron chi connectivity index (χ3n) is 7.49. The first-order valence-electron chi connectivity index (χ1n) is 12.3. The van der Waals surface area contributed by atoms with Gasteiger partial charge in [-0.3, -0.25) is 9.69 Å². The van der Waals surface area contributed by atoms with E-state index < -0.39 is 11.7 Å². The largest absolute Gasteiger partial charge is 0.417 e. The van der Waals surface area contributed by atoms with E-state index in [-0.39, 0.29) is 18.0 Å². The topological polar surface area (TPSA) is 57.5 Å². The second-order valence-corrected chi connectivity index (χ2v) is 9.84. The summed E-state index contributed by atoms with van der Waals surface area (Å²) in [6, 6.07) is 12.8. The Hall–Kier alpha value is -3.40. The molecule has 6 rings (SSSR count). The Bertz CT molecular complexity index is 1230. The number of alkyl halides is 3. The first kappa shape index (κ1) is 23.0. The van der Waals surface area contributed by atoms with Gasteiger partial charge in [-0.2, -0.15) is 18.3 Å². The van der Waals surface area contributed by atoms with E-state index in [1.165, 1.54) is 6.07 Å². The summed E-state index contributed by atoms with van der Waals surface area (Å²) in [5, 5.41) is 4.71. The lowest BCUT2D eigenvalue weighted by Crippen LogP contribution is -2.56. The van der Waals surface area contributed by atoms with Crippen LogP contribution in [-0.4, -0.2) is 68.7 Å². The minimum Gasteiger partial charge on any atom is -0.348 e. The second kappa shape index (κ2) is 8.92. The van der Waals surface area contributed by atoms with Gasteiger partial charge < -0.3 is 9.80 Å². The van der Waals surface area contributed by atoms with Crippen molar-refractivity contribution in [3.63, 3.8) is 0 Å². The molecule has 5 heterocycles. The number of aromatic nitrogens is 3. The molecule has 2 atom stereocenters. The van der Waals surface area contributed by atoms with E-state index in [0.29, 0.717) is 38.5 Å². The van der Waals surface area contributed by atoms with Gasteiger partial charge in [0, 0.05) is 62.6 Å². The van der Waals surface area contributed by atoms with Crippen LogP contribution in [0.15, 0.2) is 54.9 Å². The Kier molecular flexibility index (Phi) is 5.70. The molecule has 3 aliphatic heterocycles. The number of fused-ring (bicyclic) bond motifs is 3. The molecule has 2 unspecified atom stereocenters. The summed E-state index contributed by atoms with van der Waals surface area (Å²) in [6.07, 6.45) is 1.17. The Morgan fingerprint density at radius 1 is 1.03 bits per heavy atom. The Balaban J connectivity index is 1.08. The smallest absolute Gasteiger partial charge is 0.348 e. The van der Waals surface area contributed by atoms with Crippen molar-refractivity contribution in [2.75, 3.05) is 31.1 Å². The van der Waals surface area contributed by atoms with Crippen LogP contribution in [0.2, 0.25) is 0 Å². The highest BCUT2D eigenvalue weighted by Gasteiger charge is 2.41. The third-order valence-corrected chi connectivity index (χ3v) is 7.49. The fourth-order valence-corrected chi connectivity index (χ4v) is 5.73. The van der Waals surface area contributed by atoms with Gasteiger partial charge in [0.25, 0.3) is 0 Å². The van der Waals surface area contributed by atoms with Gasteiger partial charge in [0.05, 0.1) is 23.5 Å². The first-order chi connectivity index (χ1) is 17.3. The highest BCUT2D eigenvalue weighted by Crippen LogP contribution is 2.35. The van der Waals surface area contributed by atoms with Crippen LogP contribution in [0.4, 0.5) is 19.0 Å². The molecule has 1 aromatic carbocycles. The third kappa shape index (κ3) is 4.34. The number of rotatable bonds is 4. The molecule has 3 aliphatic rings. The molecule has 3 aromatic rings. The molecular formula is C26H27F3N6O. The van der Waals surface area contributed by atoms with Gasteiger partial charge in [-0.1, -0.05) is 18.2 Å². The molecule has 1 amide bonds.